The molecule has 20 rings (SSSR count). The van der Waals surface area contributed by atoms with Crippen LogP contribution in [0.2, 0.25) is 0 Å². The lowest BCUT2D eigenvalue weighted by molar-refractivity contribution is 1.16. The van der Waals surface area contributed by atoms with Crippen molar-refractivity contribution < 1.29 is 0 Å². The van der Waals surface area contributed by atoms with E-state index >= 15 is 0 Å². The van der Waals surface area contributed by atoms with Gasteiger partial charge in [0, 0.05) is 165 Å². The number of benzene rings is 6. The molecule has 0 amide bonds. The van der Waals surface area contributed by atoms with E-state index in [1.165, 1.54) is 55.6 Å². The van der Waals surface area contributed by atoms with Crippen LogP contribution in [0.15, 0.2) is 378 Å². The van der Waals surface area contributed by atoms with Gasteiger partial charge in [0.15, 0.2) is 5.69 Å². The molecule has 138 heavy (non-hydrogen) atoms. The number of aromatic nitrogens is 14. The van der Waals surface area contributed by atoms with Gasteiger partial charge in [0.05, 0.1) is 80.8 Å². The zero-order valence-corrected chi connectivity index (χ0v) is 80.0. The molecular weight excluding hydrogens is 1690 g/mol. The fraction of sp³-hybridized carbons (Fsp3) is 0.115. The fourth-order valence-corrected chi connectivity index (χ4v) is 16.1. The number of aryl methyl sites for hydroxylation is 14. The molecular formula is C122H104N16. The molecule has 0 saturated heterocycles. The molecule has 6 aromatic carbocycles. The van der Waals surface area contributed by atoms with E-state index in [9.17, 15) is 5.26 Å². The lowest BCUT2D eigenvalue weighted by Crippen LogP contribution is -1.95. The maximum Gasteiger partial charge on any atom is 0.195 e. The Balaban J connectivity index is 0.000000127. The fourth-order valence-electron chi connectivity index (χ4n) is 16.1. The van der Waals surface area contributed by atoms with E-state index in [2.05, 4.69) is 229 Å². The second-order valence-corrected chi connectivity index (χ2v) is 34.3. The Morgan fingerprint density at radius 3 is 0.848 bits per heavy atom. The van der Waals surface area contributed by atoms with Gasteiger partial charge in [-0.3, -0.25) is 54.8 Å². The molecule has 672 valence electrons. The average Bonchev–Trinajstić information content (AvgIpc) is 0.777. The molecule has 0 radical (unpaired) electrons. The minimum absolute atomic E-state index is 0.593. The Kier molecular flexibility index (Phi) is 31.1. The first-order valence-electron chi connectivity index (χ1n) is 45.6. The highest BCUT2D eigenvalue weighted by Crippen LogP contribution is 2.40. The summed E-state index contributed by atoms with van der Waals surface area (Å²) in [6, 6.07) is 101. The molecule has 14 aromatic heterocycles. The summed E-state index contributed by atoms with van der Waals surface area (Å²) in [5.41, 5.74) is 45.3. The van der Waals surface area contributed by atoms with Gasteiger partial charge in [-0.1, -0.05) is 167 Å². The van der Waals surface area contributed by atoms with E-state index in [0.29, 0.717) is 11.3 Å². The third kappa shape index (κ3) is 24.8. The van der Waals surface area contributed by atoms with Crippen molar-refractivity contribution in [3.05, 3.63) is 473 Å². The Hall–Kier alpha value is -17.6. The van der Waals surface area contributed by atoms with Gasteiger partial charge in [0.2, 0.25) is 0 Å². The van der Waals surface area contributed by atoms with Gasteiger partial charge in [-0.05, 0) is 315 Å². The summed E-state index contributed by atoms with van der Waals surface area (Å²) in [5, 5.41) is 9.19. The second kappa shape index (κ2) is 45.2. The van der Waals surface area contributed by atoms with E-state index < -0.39 is 0 Å². The van der Waals surface area contributed by atoms with Crippen LogP contribution in [0.25, 0.3) is 162 Å². The van der Waals surface area contributed by atoms with Gasteiger partial charge < -0.3 is 0 Å². The van der Waals surface area contributed by atoms with Crippen molar-refractivity contribution in [3.8, 4) is 163 Å². The summed E-state index contributed by atoms with van der Waals surface area (Å²) in [6.45, 7) is 36.1. The van der Waals surface area contributed by atoms with Crippen molar-refractivity contribution in [2.24, 2.45) is 0 Å². The Bertz CT molecular complexity index is 6940. The first-order chi connectivity index (χ1) is 67.0. The number of hydrogen-bond acceptors (Lipinski definition) is 15. The van der Waals surface area contributed by atoms with E-state index in [1.807, 2.05) is 312 Å². The average molecular weight is 1790 g/mol. The minimum Gasteiger partial charge on any atom is -0.264 e. The Labute approximate surface area is 808 Å². The molecule has 0 bridgehead atoms. The van der Waals surface area contributed by atoms with E-state index in [1.54, 1.807) is 0 Å². The van der Waals surface area contributed by atoms with Gasteiger partial charge in [-0.25, -0.2) is 19.8 Å². The van der Waals surface area contributed by atoms with Crippen molar-refractivity contribution >= 4 is 5.69 Å². The van der Waals surface area contributed by atoms with E-state index in [4.69, 9.17) is 21.5 Å². The van der Waals surface area contributed by atoms with Crippen LogP contribution in [0.5, 0.6) is 0 Å². The van der Waals surface area contributed by atoms with Gasteiger partial charge in [0.25, 0.3) is 0 Å². The summed E-state index contributed by atoms with van der Waals surface area (Å²) in [6.07, 6.45) is 25.9. The summed E-state index contributed by atoms with van der Waals surface area (Å²) >= 11 is 0. The molecule has 14 heterocycles. The zero-order chi connectivity index (χ0) is 96.6. The van der Waals surface area contributed by atoms with Crippen LogP contribution in [0, 0.1) is 115 Å². The molecule has 0 fully saturated rings. The number of pyridine rings is 14. The SMILES string of the molecule is Cc1ccc(-c2ccc(C)cc2-c2ccccn2)c(-c2ccccn2)c1.Cc1ccc(-c2ccc(C)cc2C)c(C)c1.Cc1cccc(-c2cccc(-c3cccc(-c4cccc(C)n4)n3)n2)n1.Cc1cncc(-c2cccc(-c3cncc(-c4cccc(C)n4)c3)n2)c1.Cc1cncc(-c2cncc(-c3cncc(-c4cncc(C)c4)c3)c2)c1.[C-]#[N+]c1cc(C)ccc1-c1ccc(C)cc1C#N. The molecule has 0 aliphatic carbocycles. The number of hydrogen-bond donors (Lipinski definition) is 0. The highest BCUT2D eigenvalue weighted by Gasteiger charge is 2.18. The smallest absolute Gasteiger partial charge is 0.195 e. The quantitative estimate of drug-likeness (QED) is 0.0928. The predicted octanol–water partition coefficient (Wildman–Crippen LogP) is 29.7. The first-order valence-corrected chi connectivity index (χ1v) is 45.6. The van der Waals surface area contributed by atoms with Crippen molar-refractivity contribution in [2.75, 3.05) is 0 Å². The first kappa shape index (κ1) is 95.0. The number of nitriles is 1. The third-order valence-corrected chi connectivity index (χ3v) is 22.9. The Morgan fingerprint density at radius 1 is 0.210 bits per heavy atom. The molecule has 0 aliphatic heterocycles. The topological polar surface area (TPSA) is 209 Å². The van der Waals surface area contributed by atoms with Crippen LogP contribution < -0.4 is 0 Å². The molecule has 0 aliphatic rings. The van der Waals surface area contributed by atoms with Crippen molar-refractivity contribution in [2.45, 2.75) is 96.9 Å². The normalized spacial score (nSPS) is 10.5. The summed E-state index contributed by atoms with van der Waals surface area (Å²) < 4.78 is 0. The molecule has 20 aromatic rings. The highest BCUT2D eigenvalue weighted by atomic mass is 14.8. The third-order valence-electron chi connectivity index (χ3n) is 22.9. The van der Waals surface area contributed by atoms with Gasteiger partial charge in [0.1, 0.15) is 0 Å². The minimum atomic E-state index is 0.593. The van der Waals surface area contributed by atoms with E-state index in [-0.39, 0.29) is 0 Å². The van der Waals surface area contributed by atoms with Crippen molar-refractivity contribution in [1.82, 2.24) is 69.8 Å². The summed E-state index contributed by atoms with van der Waals surface area (Å²) in [7, 11) is 0. The lowest BCUT2D eigenvalue weighted by atomic mass is 9.90. The molecule has 0 unspecified atom stereocenters. The Morgan fingerprint density at radius 2 is 0.486 bits per heavy atom. The molecule has 0 N–H and O–H groups in total. The van der Waals surface area contributed by atoms with Crippen LogP contribution in [-0.2, 0) is 0 Å². The largest absolute Gasteiger partial charge is 0.264 e. The van der Waals surface area contributed by atoms with Crippen LogP contribution in [0.1, 0.15) is 83.8 Å². The second-order valence-electron chi connectivity index (χ2n) is 34.3. The maximum absolute atomic E-state index is 9.19. The van der Waals surface area contributed by atoms with Crippen LogP contribution in [-0.4, -0.2) is 69.8 Å². The van der Waals surface area contributed by atoms with Crippen LogP contribution in [0.3, 0.4) is 0 Å². The van der Waals surface area contributed by atoms with Crippen molar-refractivity contribution in [1.29, 1.82) is 5.26 Å². The predicted molar refractivity (Wildman–Crippen MR) is 561 cm³/mol. The lowest BCUT2D eigenvalue weighted by Gasteiger charge is -2.15. The van der Waals surface area contributed by atoms with E-state index in [0.717, 1.165) is 180 Å². The maximum atomic E-state index is 9.19. The van der Waals surface area contributed by atoms with Gasteiger partial charge in [-0.2, -0.15) is 5.26 Å². The number of nitrogens with zero attached hydrogens (tertiary/aromatic N) is 16. The molecule has 0 saturated carbocycles. The monoisotopic (exact) mass is 1790 g/mol. The van der Waals surface area contributed by atoms with Crippen molar-refractivity contribution in [3.63, 3.8) is 0 Å². The van der Waals surface area contributed by atoms with Gasteiger partial charge in [-0.15, -0.1) is 0 Å². The summed E-state index contributed by atoms with van der Waals surface area (Å²) in [5.74, 6) is 0. The van der Waals surface area contributed by atoms with Gasteiger partial charge >= 0.3 is 0 Å². The summed E-state index contributed by atoms with van der Waals surface area (Å²) in [4.78, 5) is 66.8. The zero-order valence-electron chi connectivity index (χ0n) is 80.0. The molecule has 0 atom stereocenters. The van der Waals surface area contributed by atoms with Crippen LogP contribution in [0.4, 0.5) is 5.69 Å². The standard InChI is InChI=1S/C24H20N2.3C22H18N4.C16H12N2.C16H18/c1-17-9-11-19(21(15-17)23-7-3-5-13-25-23)20-12-10-18(2)16-22(20)24-8-4-6-14-26-24;1-15-3-17(9-23-7-15)19-5-21(13-25-11-19)22-6-20(12-26-14-22)18-4-16(2)8-24-10-18;1-15-7-3-9-17(23-15)19-11-5-13-21(25-19)22-14-6-12-20(26-22)18-10-4-8-16(2)24-18;1-15-9-17(12-23-11-15)21-7-4-8-22(26-21)19-10-18(13-24-14-19)20-6-3-5-16(2)25-20;1-11-4-6-14(13(8-11)10-17)15-7-5-12(2)9-16(15)18-3;1-11-5-7-15(13(3)9-11)16-8-6-12(2)10-14(16)4/h3-16H,1-2H3;3*3-14H,1-2H3;4-9H,1-2H3;5-10H,1-4H3. The molecule has 16 nitrogen and oxygen atoms in total. The number of rotatable bonds is 14. The molecule has 0 spiro atoms. The highest BCUT2D eigenvalue weighted by molar-refractivity contribution is 5.91. The molecule has 16 heteroatoms. The van der Waals surface area contributed by atoms with Crippen LogP contribution >= 0.6 is 0 Å².